The van der Waals surface area contributed by atoms with Crippen molar-refractivity contribution in [2.75, 3.05) is 13.2 Å². The third kappa shape index (κ3) is 4.93. The topological polar surface area (TPSA) is 105 Å². The molecule has 7 heteroatoms. The van der Waals surface area contributed by atoms with Crippen molar-refractivity contribution in [2.45, 2.75) is 38.1 Å². The molecule has 1 fully saturated rings. The minimum atomic E-state index is -0.860. The number of alkyl carbamates (subject to hydrolysis) is 1. The molecule has 0 heterocycles. The van der Waals surface area contributed by atoms with Gasteiger partial charge in [0.25, 0.3) is 0 Å². The van der Waals surface area contributed by atoms with Crippen LogP contribution in [0.3, 0.4) is 0 Å². The second-order valence-electron chi connectivity index (χ2n) is 8.63. The number of aliphatic carboxylic acids is 1. The molecule has 0 spiro atoms. The molecule has 32 heavy (non-hydrogen) atoms. The van der Waals surface area contributed by atoms with Crippen LogP contribution in [0.15, 0.2) is 48.5 Å². The number of hydrogen-bond donors (Lipinski definition) is 3. The van der Waals surface area contributed by atoms with Gasteiger partial charge in [0.15, 0.2) is 0 Å². The molecule has 2 aliphatic rings. The number of carboxylic acid groups (broad SMARTS) is 1. The minimum Gasteiger partial charge on any atom is -0.481 e. The molecule has 0 radical (unpaired) electrons. The first-order chi connectivity index (χ1) is 15.4. The van der Waals surface area contributed by atoms with Gasteiger partial charge in [-0.25, -0.2) is 4.79 Å². The lowest BCUT2D eigenvalue weighted by atomic mass is 9.98. The molecule has 0 bridgehead atoms. The summed E-state index contributed by atoms with van der Waals surface area (Å²) in [6.45, 7) is 2.06. The number of carbonyl (C=O) groups is 3. The number of hydrogen-bond acceptors (Lipinski definition) is 4. The maximum atomic E-state index is 12.4. The molecule has 0 aromatic heterocycles. The van der Waals surface area contributed by atoms with Crippen LogP contribution in [0.2, 0.25) is 0 Å². The summed E-state index contributed by atoms with van der Waals surface area (Å²) in [5, 5.41) is 14.4. The van der Waals surface area contributed by atoms with Crippen LogP contribution in [0.25, 0.3) is 11.1 Å². The summed E-state index contributed by atoms with van der Waals surface area (Å²) in [5.74, 6) is -0.974. The highest BCUT2D eigenvalue weighted by Gasteiger charge is 2.33. The van der Waals surface area contributed by atoms with Gasteiger partial charge < -0.3 is 20.5 Å². The van der Waals surface area contributed by atoms with Gasteiger partial charge in [0.05, 0.1) is 6.42 Å². The fraction of sp³-hybridized carbons (Fsp3) is 0.400. The molecule has 2 unspecified atom stereocenters. The van der Waals surface area contributed by atoms with E-state index in [1.807, 2.05) is 36.4 Å². The maximum Gasteiger partial charge on any atom is 0.407 e. The second-order valence-corrected chi connectivity index (χ2v) is 8.63. The zero-order valence-corrected chi connectivity index (χ0v) is 18.0. The lowest BCUT2D eigenvalue weighted by molar-refractivity contribution is -0.138. The largest absolute Gasteiger partial charge is 0.481 e. The third-order valence-corrected chi connectivity index (χ3v) is 6.34. The number of ether oxygens (including phenoxy) is 1. The van der Waals surface area contributed by atoms with Crippen molar-refractivity contribution in [3.05, 3.63) is 59.7 Å². The first-order valence-corrected chi connectivity index (χ1v) is 11.0. The third-order valence-electron chi connectivity index (χ3n) is 6.34. The van der Waals surface area contributed by atoms with Gasteiger partial charge in [-0.3, -0.25) is 9.59 Å². The first kappa shape index (κ1) is 21.9. The zero-order valence-electron chi connectivity index (χ0n) is 18.0. The molecule has 0 aliphatic heterocycles. The quantitative estimate of drug-likeness (QED) is 0.558. The van der Waals surface area contributed by atoms with Gasteiger partial charge in [-0.2, -0.15) is 0 Å². The van der Waals surface area contributed by atoms with Crippen LogP contribution < -0.4 is 10.6 Å². The van der Waals surface area contributed by atoms with Crippen LogP contribution >= 0.6 is 0 Å². The number of carbonyl (C=O) groups excluding carboxylic acids is 2. The number of amides is 2. The van der Waals surface area contributed by atoms with E-state index in [2.05, 4.69) is 22.8 Å². The Hall–Kier alpha value is -3.35. The molecule has 3 N–H and O–H groups in total. The highest BCUT2D eigenvalue weighted by Crippen LogP contribution is 2.44. The van der Waals surface area contributed by atoms with Crippen molar-refractivity contribution in [1.82, 2.24) is 10.6 Å². The molecule has 0 saturated heterocycles. The number of fused-ring (bicyclic) bond motifs is 3. The Kier molecular flexibility index (Phi) is 6.44. The number of carboxylic acids is 1. The van der Waals surface area contributed by atoms with Crippen LogP contribution in [0.1, 0.15) is 43.2 Å². The van der Waals surface area contributed by atoms with Gasteiger partial charge in [0.1, 0.15) is 12.6 Å². The van der Waals surface area contributed by atoms with Crippen molar-refractivity contribution < 1.29 is 24.2 Å². The molecule has 1 saturated carbocycles. The fourth-order valence-electron chi connectivity index (χ4n) is 4.46. The summed E-state index contributed by atoms with van der Waals surface area (Å²) >= 11 is 0. The van der Waals surface area contributed by atoms with Crippen molar-refractivity contribution in [1.29, 1.82) is 0 Å². The standard InChI is InChI=1S/C25H28N2O5/c1-15(24(30)26-13-17(12-23(28)29)16-10-11-16)27-25(31)32-14-22-20-8-4-2-6-18(20)19-7-3-5-9-21(19)22/h2-9,15-17,22H,10-14H2,1H3,(H,26,30)(H,27,31)(H,28,29). The summed E-state index contributed by atoms with van der Waals surface area (Å²) in [5.41, 5.74) is 4.54. The van der Waals surface area contributed by atoms with Crippen molar-refractivity contribution >= 4 is 18.0 Å². The lowest BCUT2D eigenvalue weighted by Gasteiger charge is -2.19. The van der Waals surface area contributed by atoms with E-state index in [0.717, 1.165) is 35.1 Å². The highest BCUT2D eigenvalue weighted by molar-refractivity contribution is 5.85. The van der Waals surface area contributed by atoms with Gasteiger partial charge in [-0.15, -0.1) is 0 Å². The molecule has 2 atom stereocenters. The minimum absolute atomic E-state index is 0.0408. The van der Waals surface area contributed by atoms with Crippen molar-refractivity contribution in [2.24, 2.45) is 11.8 Å². The monoisotopic (exact) mass is 436 g/mol. The maximum absolute atomic E-state index is 12.4. The molecular weight excluding hydrogens is 408 g/mol. The molecular formula is C25H28N2O5. The average Bonchev–Trinajstić information content (AvgIpc) is 3.57. The number of rotatable bonds is 9. The molecule has 2 amide bonds. The van der Waals surface area contributed by atoms with Gasteiger partial charge in [-0.1, -0.05) is 48.5 Å². The summed E-state index contributed by atoms with van der Waals surface area (Å²) in [6.07, 6.45) is 1.39. The van der Waals surface area contributed by atoms with E-state index < -0.39 is 18.1 Å². The van der Waals surface area contributed by atoms with Crippen LogP contribution in [-0.4, -0.2) is 42.3 Å². The summed E-state index contributed by atoms with van der Waals surface area (Å²) in [4.78, 5) is 35.7. The van der Waals surface area contributed by atoms with Crippen LogP contribution in [-0.2, 0) is 14.3 Å². The SMILES string of the molecule is CC(NC(=O)OCC1c2ccccc2-c2ccccc21)C(=O)NCC(CC(=O)O)C1CC1. The van der Waals surface area contributed by atoms with E-state index in [0.29, 0.717) is 12.5 Å². The number of benzene rings is 2. The number of nitrogens with one attached hydrogen (secondary N) is 2. The van der Waals surface area contributed by atoms with E-state index in [1.165, 1.54) is 0 Å². The zero-order chi connectivity index (χ0) is 22.7. The van der Waals surface area contributed by atoms with Gasteiger partial charge in [0, 0.05) is 12.5 Å². The molecule has 2 aromatic rings. The summed E-state index contributed by atoms with van der Waals surface area (Å²) < 4.78 is 5.48. The summed E-state index contributed by atoms with van der Waals surface area (Å²) in [6, 6.07) is 15.4. The predicted octanol–water partition coefficient (Wildman–Crippen LogP) is 3.53. The van der Waals surface area contributed by atoms with E-state index in [4.69, 9.17) is 9.84 Å². The Labute approximate surface area is 187 Å². The van der Waals surface area contributed by atoms with Crippen LogP contribution in [0.5, 0.6) is 0 Å². The first-order valence-electron chi connectivity index (χ1n) is 11.0. The molecule has 2 aromatic carbocycles. The van der Waals surface area contributed by atoms with Gasteiger partial charge in [0.2, 0.25) is 5.91 Å². The second kappa shape index (κ2) is 9.42. The van der Waals surface area contributed by atoms with E-state index in [-0.39, 0.29) is 30.8 Å². The van der Waals surface area contributed by atoms with Gasteiger partial charge >= 0.3 is 12.1 Å². The molecule has 168 valence electrons. The van der Waals surface area contributed by atoms with E-state index >= 15 is 0 Å². The van der Waals surface area contributed by atoms with Crippen LogP contribution in [0, 0.1) is 11.8 Å². The Morgan fingerprint density at radius 3 is 2.19 bits per heavy atom. The van der Waals surface area contributed by atoms with Gasteiger partial charge in [-0.05, 0) is 53.9 Å². The lowest BCUT2D eigenvalue weighted by Crippen LogP contribution is -2.46. The highest BCUT2D eigenvalue weighted by atomic mass is 16.5. The normalized spacial score (nSPS) is 16.4. The Bertz CT molecular complexity index is 971. The van der Waals surface area contributed by atoms with Crippen LogP contribution in [0.4, 0.5) is 4.79 Å². The fourth-order valence-corrected chi connectivity index (χ4v) is 4.46. The molecule has 2 aliphatic carbocycles. The Morgan fingerprint density at radius 1 is 1.03 bits per heavy atom. The average molecular weight is 437 g/mol. The van der Waals surface area contributed by atoms with Crippen molar-refractivity contribution in [3.63, 3.8) is 0 Å². The van der Waals surface area contributed by atoms with Crippen molar-refractivity contribution in [3.8, 4) is 11.1 Å². The molecule has 4 rings (SSSR count). The van der Waals surface area contributed by atoms with E-state index in [9.17, 15) is 14.4 Å². The molecule has 7 nitrogen and oxygen atoms in total. The van der Waals surface area contributed by atoms with E-state index in [1.54, 1.807) is 6.92 Å². The Morgan fingerprint density at radius 2 is 1.62 bits per heavy atom. The Balaban J connectivity index is 1.28. The predicted molar refractivity (Wildman–Crippen MR) is 119 cm³/mol. The smallest absolute Gasteiger partial charge is 0.407 e. The summed E-state index contributed by atoms with van der Waals surface area (Å²) in [7, 11) is 0.